The van der Waals surface area contributed by atoms with Crippen LogP contribution < -0.4 is 5.32 Å². The number of nitrogens with zero attached hydrogens (tertiary/aromatic N) is 2. The van der Waals surface area contributed by atoms with Crippen molar-refractivity contribution in [2.24, 2.45) is 5.92 Å². The molecule has 3 aromatic rings. The summed E-state index contributed by atoms with van der Waals surface area (Å²) in [5.74, 6) is 0.745. The van der Waals surface area contributed by atoms with Crippen molar-refractivity contribution in [2.45, 2.75) is 19.3 Å². The quantitative estimate of drug-likeness (QED) is 0.656. The molecule has 4 heterocycles. The van der Waals surface area contributed by atoms with Crippen molar-refractivity contribution >= 4 is 21.9 Å². The number of rotatable bonds is 2. The van der Waals surface area contributed by atoms with Crippen molar-refractivity contribution in [3.8, 4) is 0 Å². The second-order valence-corrected chi connectivity index (χ2v) is 5.35. The Morgan fingerprint density at radius 2 is 2.16 bits per heavy atom. The van der Waals surface area contributed by atoms with E-state index in [0.29, 0.717) is 0 Å². The van der Waals surface area contributed by atoms with Gasteiger partial charge in [0, 0.05) is 17.0 Å². The molecule has 0 atom stereocenters. The maximum absolute atomic E-state index is 4.52. The molecule has 0 amide bonds. The van der Waals surface area contributed by atoms with Gasteiger partial charge in [0.25, 0.3) is 0 Å². The molecular formula is C14H17N5. The Bertz CT molecular complexity index is 705. The minimum atomic E-state index is 0.745. The summed E-state index contributed by atoms with van der Waals surface area (Å²) in [4.78, 5) is 7.56. The van der Waals surface area contributed by atoms with Gasteiger partial charge in [0.05, 0.1) is 17.4 Å². The third-order valence-electron chi connectivity index (χ3n) is 4.13. The zero-order chi connectivity index (χ0) is 12.7. The van der Waals surface area contributed by atoms with Crippen molar-refractivity contribution in [1.29, 1.82) is 0 Å². The largest absolute Gasteiger partial charge is 0.346 e. The van der Waals surface area contributed by atoms with Gasteiger partial charge in [-0.3, -0.25) is 5.10 Å². The smallest absolute Gasteiger partial charge is 0.138 e. The summed E-state index contributed by atoms with van der Waals surface area (Å²) >= 11 is 0. The van der Waals surface area contributed by atoms with E-state index in [1.807, 2.05) is 12.4 Å². The highest BCUT2D eigenvalue weighted by Gasteiger charge is 2.18. The molecule has 1 fully saturated rings. The summed E-state index contributed by atoms with van der Waals surface area (Å²) in [5, 5.41) is 13.5. The van der Waals surface area contributed by atoms with Crippen LogP contribution in [-0.4, -0.2) is 33.3 Å². The molecule has 3 N–H and O–H groups in total. The molecule has 0 aliphatic carbocycles. The number of hydrogen-bond donors (Lipinski definition) is 3. The Balaban J connectivity index is 1.78. The van der Waals surface area contributed by atoms with Crippen molar-refractivity contribution in [3.63, 3.8) is 0 Å². The molecule has 5 heteroatoms. The first-order valence-corrected chi connectivity index (χ1v) is 6.91. The Labute approximate surface area is 110 Å². The number of H-pyrrole nitrogens is 2. The fraction of sp³-hybridized carbons (Fsp3) is 0.429. The van der Waals surface area contributed by atoms with Gasteiger partial charge in [-0.15, -0.1) is 0 Å². The molecule has 0 radical (unpaired) electrons. The fourth-order valence-corrected chi connectivity index (χ4v) is 3.09. The standard InChI is InChI=1S/C14H17N5/c1-4-15-5-2-9(1)7-11-13-10-3-6-16-14(10)17-8-12(13)19-18-11/h3,6,8-9,15H,1-2,4-5,7H2,(H,16,17)(H,18,19). The topological polar surface area (TPSA) is 69.4 Å². The van der Waals surface area contributed by atoms with E-state index in [2.05, 4.69) is 31.5 Å². The van der Waals surface area contributed by atoms with Crippen molar-refractivity contribution < 1.29 is 0 Å². The number of aromatic nitrogens is 4. The van der Waals surface area contributed by atoms with E-state index in [0.717, 1.165) is 36.6 Å². The molecule has 98 valence electrons. The van der Waals surface area contributed by atoms with E-state index in [4.69, 9.17) is 0 Å². The van der Waals surface area contributed by atoms with E-state index in [1.54, 1.807) is 0 Å². The number of nitrogens with one attached hydrogen (secondary N) is 3. The van der Waals surface area contributed by atoms with Gasteiger partial charge in [-0.25, -0.2) is 4.98 Å². The summed E-state index contributed by atoms with van der Waals surface area (Å²) in [6.07, 6.45) is 7.36. The molecule has 5 nitrogen and oxygen atoms in total. The molecule has 0 unspecified atom stereocenters. The highest BCUT2D eigenvalue weighted by Crippen LogP contribution is 2.27. The monoisotopic (exact) mass is 255 g/mol. The molecule has 1 aliphatic heterocycles. The van der Waals surface area contributed by atoms with Crippen LogP contribution in [-0.2, 0) is 6.42 Å². The van der Waals surface area contributed by atoms with Gasteiger partial charge < -0.3 is 10.3 Å². The van der Waals surface area contributed by atoms with Crippen LogP contribution in [0.4, 0.5) is 0 Å². The van der Waals surface area contributed by atoms with Crippen LogP contribution in [0.1, 0.15) is 18.5 Å². The van der Waals surface area contributed by atoms with Gasteiger partial charge in [-0.2, -0.15) is 5.10 Å². The molecule has 0 saturated carbocycles. The van der Waals surface area contributed by atoms with Crippen LogP contribution in [0.15, 0.2) is 18.5 Å². The molecule has 0 spiro atoms. The van der Waals surface area contributed by atoms with E-state index >= 15 is 0 Å². The van der Waals surface area contributed by atoms with Gasteiger partial charge >= 0.3 is 0 Å². The zero-order valence-electron chi connectivity index (χ0n) is 10.7. The number of aromatic amines is 2. The Hall–Kier alpha value is -1.88. The molecule has 0 aromatic carbocycles. The maximum atomic E-state index is 4.52. The van der Waals surface area contributed by atoms with Crippen LogP contribution in [0.5, 0.6) is 0 Å². The average Bonchev–Trinajstić information content (AvgIpc) is 3.06. The van der Waals surface area contributed by atoms with E-state index in [1.165, 1.54) is 29.3 Å². The third kappa shape index (κ3) is 1.81. The molecule has 0 bridgehead atoms. The fourth-order valence-electron chi connectivity index (χ4n) is 3.09. The second-order valence-electron chi connectivity index (χ2n) is 5.35. The van der Waals surface area contributed by atoms with Gasteiger partial charge in [-0.05, 0) is 44.3 Å². The molecule has 3 aromatic heterocycles. The first kappa shape index (κ1) is 11.0. The van der Waals surface area contributed by atoms with Crippen molar-refractivity contribution in [1.82, 2.24) is 25.5 Å². The lowest BCUT2D eigenvalue weighted by Crippen LogP contribution is -2.28. The zero-order valence-corrected chi connectivity index (χ0v) is 10.7. The lowest BCUT2D eigenvalue weighted by molar-refractivity contribution is 0.371. The molecule has 1 aliphatic rings. The van der Waals surface area contributed by atoms with Crippen molar-refractivity contribution in [3.05, 3.63) is 24.2 Å². The van der Waals surface area contributed by atoms with Gasteiger partial charge in [-0.1, -0.05) is 0 Å². The Morgan fingerprint density at radius 1 is 1.26 bits per heavy atom. The number of hydrogen-bond acceptors (Lipinski definition) is 3. The first-order chi connectivity index (χ1) is 9.42. The highest BCUT2D eigenvalue weighted by molar-refractivity contribution is 6.04. The summed E-state index contributed by atoms with van der Waals surface area (Å²) in [5.41, 5.74) is 3.17. The SMILES string of the molecule is c1cc2c(ncc3[nH]nc(CC4CCNCC4)c32)[nH]1. The van der Waals surface area contributed by atoms with E-state index in [9.17, 15) is 0 Å². The summed E-state index contributed by atoms with van der Waals surface area (Å²) in [7, 11) is 0. The Kier molecular flexibility index (Phi) is 2.51. The average molecular weight is 255 g/mol. The maximum Gasteiger partial charge on any atom is 0.138 e. The Morgan fingerprint density at radius 3 is 3.05 bits per heavy atom. The predicted octanol–water partition coefficient (Wildman–Crippen LogP) is 1.98. The lowest BCUT2D eigenvalue weighted by atomic mass is 9.92. The highest BCUT2D eigenvalue weighted by atomic mass is 15.1. The number of fused-ring (bicyclic) bond motifs is 3. The van der Waals surface area contributed by atoms with E-state index in [-0.39, 0.29) is 0 Å². The van der Waals surface area contributed by atoms with Crippen LogP contribution >= 0.6 is 0 Å². The summed E-state index contributed by atoms with van der Waals surface area (Å²) in [6.45, 7) is 2.27. The predicted molar refractivity (Wildman–Crippen MR) is 75.0 cm³/mol. The normalized spacial score (nSPS) is 17.5. The van der Waals surface area contributed by atoms with Crippen LogP contribution in [0.25, 0.3) is 21.9 Å². The van der Waals surface area contributed by atoms with Gasteiger partial charge in [0.2, 0.25) is 0 Å². The van der Waals surface area contributed by atoms with E-state index < -0.39 is 0 Å². The van der Waals surface area contributed by atoms with Crippen LogP contribution in [0.2, 0.25) is 0 Å². The van der Waals surface area contributed by atoms with Gasteiger partial charge in [0.1, 0.15) is 5.65 Å². The minimum absolute atomic E-state index is 0.745. The molecular weight excluding hydrogens is 238 g/mol. The second kappa shape index (κ2) is 4.35. The number of pyridine rings is 1. The molecule has 19 heavy (non-hydrogen) atoms. The molecule has 1 saturated heterocycles. The summed E-state index contributed by atoms with van der Waals surface area (Å²) < 4.78 is 0. The summed E-state index contributed by atoms with van der Waals surface area (Å²) in [6, 6.07) is 2.09. The van der Waals surface area contributed by atoms with Crippen LogP contribution in [0.3, 0.4) is 0 Å². The third-order valence-corrected chi connectivity index (χ3v) is 4.13. The molecule has 4 rings (SSSR count). The lowest BCUT2D eigenvalue weighted by Gasteiger charge is -2.21. The first-order valence-electron chi connectivity index (χ1n) is 6.91. The van der Waals surface area contributed by atoms with Crippen molar-refractivity contribution in [2.75, 3.05) is 13.1 Å². The minimum Gasteiger partial charge on any atom is -0.346 e. The van der Waals surface area contributed by atoms with Gasteiger partial charge in [0.15, 0.2) is 0 Å². The number of piperidine rings is 1. The van der Waals surface area contributed by atoms with Crippen LogP contribution in [0, 0.1) is 5.92 Å².